The maximum atomic E-state index is 15.7. The third kappa shape index (κ3) is 7.69. The van der Waals surface area contributed by atoms with Gasteiger partial charge in [0.2, 0.25) is 11.8 Å². The van der Waals surface area contributed by atoms with Gasteiger partial charge in [-0.05, 0) is 67.6 Å². The van der Waals surface area contributed by atoms with Crippen LogP contribution in [-0.4, -0.2) is 103 Å². The Labute approximate surface area is 357 Å². The molecule has 0 spiro atoms. The van der Waals surface area contributed by atoms with Crippen molar-refractivity contribution in [3.05, 3.63) is 87.4 Å². The molecule has 4 fully saturated rings. The van der Waals surface area contributed by atoms with Gasteiger partial charge in [-0.25, -0.2) is 8.78 Å². The molecule has 4 heterocycles. The topological polar surface area (TPSA) is 155 Å². The van der Waals surface area contributed by atoms with Crippen molar-refractivity contribution in [1.82, 2.24) is 20.4 Å². The van der Waals surface area contributed by atoms with Gasteiger partial charge in [-0.3, -0.25) is 39.1 Å². The summed E-state index contributed by atoms with van der Waals surface area (Å²) < 4.78 is 37.5. The number of carbonyl (C=O) groups is 5. The summed E-state index contributed by atoms with van der Waals surface area (Å²) in [6, 6.07) is 12.7. The lowest BCUT2D eigenvalue weighted by Crippen LogP contribution is -2.74. The van der Waals surface area contributed by atoms with E-state index in [4.69, 9.17) is 16.3 Å². The summed E-state index contributed by atoms with van der Waals surface area (Å²) in [6.07, 6.45) is 1.45. The normalized spacial score (nSPS) is 23.9. The molecule has 16 heteroatoms. The van der Waals surface area contributed by atoms with Crippen LogP contribution in [0.3, 0.4) is 0 Å². The molecule has 8 rings (SSSR count). The number of piperazine rings is 1. The van der Waals surface area contributed by atoms with Crippen molar-refractivity contribution in [2.45, 2.75) is 71.6 Å². The van der Waals surface area contributed by atoms with Crippen LogP contribution in [0.1, 0.15) is 90.0 Å². The molecule has 0 radical (unpaired) electrons. The monoisotopic (exact) mass is 855 g/mol. The minimum atomic E-state index is -1.12. The van der Waals surface area contributed by atoms with Crippen LogP contribution < -0.4 is 25.2 Å². The van der Waals surface area contributed by atoms with Crippen molar-refractivity contribution in [2.24, 2.45) is 16.7 Å². The second kappa shape index (κ2) is 16.0. The van der Waals surface area contributed by atoms with Crippen molar-refractivity contribution in [2.75, 3.05) is 55.6 Å². The highest BCUT2D eigenvalue weighted by Gasteiger charge is 2.64. The molecule has 61 heavy (non-hydrogen) atoms. The molecule has 1 atom stereocenters. The Morgan fingerprint density at radius 1 is 0.852 bits per heavy atom. The predicted molar refractivity (Wildman–Crippen MR) is 222 cm³/mol. The van der Waals surface area contributed by atoms with Crippen LogP contribution in [0.2, 0.25) is 5.02 Å². The Kier molecular flexibility index (Phi) is 11.1. The minimum absolute atomic E-state index is 0.000202. The van der Waals surface area contributed by atoms with Crippen molar-refractivity contribution >= 4 is 52.5 Å². The summed E-state index contributed by atoms with van der Waals surface area (Å²) in [5.74, 6) is -3.13. The molecule has 5 aliphatic rings. The number of imide groups is 2. The Bertz CT molecular complexity index is 2350. The summed E-state index contributed by atoms with van der Waals surface area (Å²) in [5, 5.41) is 14.8. The first-order chi connectivity index (χ1) is 29.0. The lowest BCUT2D eigenvalue weighted by molar-refractivity contribution is -0.164. The number of fused-ring (bicyclic) bond motifs is 1. The first-order valence-electron chi connectivity index (χ1n) is 20.7. The first-order valence-corrected chi connectivity index (χ1v) is 21.1. The molecule has 2 N–H and O–H groups in total. The molecule has 3 aromatic rings. The van der Waals surface area contributed by atoms with E-state index in [0.29, 0.717) is 67.2 Å². The van der Waals surface area contributed by atoms with E-state index in [2.05, 4.69) is 15.5 Å². The van der Waals surface area contributed by atoms with Gasteiger partial charge in [0.15, 0.2) is 0 Å². The van der Waals surface area contributed by atoms with Crippen molar-refractivity contribution < 1.29 is 37.5 Å². The van der Waals surface area contributed by atoms with E-state index in [1.54, 1.807) is 30.3 Å². The maximum absolute atomic E-state index is 15.7. The van der Waals surface area contributed by atoms with Gasteiger partial charge in [-0.1, -0.05) is 39.3 Å². The van der Waals surface area contributed by atoms with Gasteiger partial charge in [0, 0.05) is 80.7 Å². The lowest BCUT2D eigenvalue weighted by Gasteiger charge is -2.63. The average Bonchev–Trinajstić information content (AvgIpc) is 3.46. The molecule has 3 aromatic carbocycles. The largest absolute Gasteiger partial charge is 0.489 e. The molecule has 0 aromatic heterocycles. The number of anilines is 2. The molecule has 1 unspecified atom stereocenters. The molecule has 320 valence electrons. The van der Waals surface area contributed by atoms with Gasteiger partial charge in [0.1, 0.15) is 35.6 Å². The average molecular weight is 856 g/mol. The molecule has 1 saturated carbocycles. The fraction of sp³-hybridized carbons (Fsp3) is 0.467. The number of piperidine rings is 2. The zero-order valence-electron chi connectivity index (χ0n) is 34.5. The number of amides is 5. The smallest absolute Gasteiger partial charge is 0.262 e. The highest BCUT2D eigenvalue weighted by molar-refractivity contribution is 6.31. The Morgan fingerprint density at radius 2 is 1.49 bits per heavy atom. The van der Waals surface area contributed by atoms with Gasteiger partial charge in [0.25, 0.3) is 17.7 Å². The second-order valence-corrected chi connectivity index (χ2v) is 18.4. The highest BCUT2D eigenvalue weighted by Crippen LogP contribution is 2.55. The van der Waals surface area contributed by atoms with E-state index >= 15 is 8.78 Å². The molecule has 4 aliphatic heterocycles. The molecule has 0 bridgehead atoms. The van der Waals surface area contributed by atoms with Crippen LogP contribution in [-0.2, 0) is 9.59 Å². The van der Waals surface area contributed by atoms with Crippen molar-refractivity contribution in [1.29, 1.82) is 5.26 Å². The Balaban J connectivity index is 0.815. The van der Waals surface area contributed by atoms with Crippen LogP contribution in [0.15, 0.2) is 48.5 Å². The molecule has 1 aliphatic carbocycles. The van der Waals surface area contributed by atoms with Gasteiger partial charge in [0.05, 0.1) is 33.1 Å². The molecular formula is C45H48ClF2N7O6. The number of ether oxygens (including phenoxy) is 1. The number of hydrogen-bond acceptors (Lipinski definition) is 10. The van der Waals surface area contributed by atoms with Gasteiger partial charge >= 0.3 is 0 Å². The van der Waals surface area contributed by atoms with Crippen molar-refractivity contribution in [3.8, 4) is 11.8 Å². The van der Waals surface area contributed by atoms with Crippen molar-refractivity contribution in [3.63, 3.8) is 0 Å². The molecule has 13 nitrogen and oxygen atoms in total. The maximum Gasteiger partial charge on any atom is 0.262 e. The molecular weight excluding hydrogens is 808 g/mol. The fourth-order valence-corrected chi connectivity index (χ4v) is 10.5. The zero-order valence-corrected chi connectivity index (χ0v) is 35.3. The zero-order chi connectivity index (χ0) is 43.5. The van der Waals surface area contributed by atoms with Crippen LogP contribution in [0.4, 0.5) is 20.2 Å². The van der Waals surface area contributed by atoms with Gasteiger partial charge < -0.3 is 19.9 Å². The Hall–Kier alpha value is -5.59. The summed E-state index contributed by atoms with van der Waals surface area (Å²) in [7, 11) is 0. The van der Waals surface area contributed by atoms with E-state index in [9.17, 15) is 29.2 Å². The third-order valence-corrected chi connectivity index (χ3v) is 13.6. The summed E-state index contributed by atoms with van der Waals surface area (Å²) in [5.41, 5.74) is 0.303. The summed E-state index contributed by atoms with van der Waals surface area (Å²) >= 11 is 6.23. The number of rotatable bonds is 9. The minimum Gasteiger partial charge on any atom is -0.489 e. The quantitative estimate of drug-likeness (QED) is 0.262. The van der Waals surface area contributed by atoms with E-state index in [0.717, 1.165) is 30.4 Å². The molecule has 3 saturated heterocycles. The van der Waals surface area contributed by atoms with Crippen LogP contribution in [0, 0.1) is 39.7 Å². The number of nitrogens with zero attached hydrogens (tertiary/aromatic N) is 5. The summed E-state index contributed by atoms with van der Waals surface area (Å²) in [4.78, 5) is 71.0. The first kappa shape index (κ1) is 42.1. The SMILES string of the molecule is CC1(C)C(NC(=O)c2ccc(N3CCC(CN4CCN(c5cc6c(cc5F)C(=O)N(C5CCC(=O)NC5=O)C6=O)CC4)CC3)c(F)c2)C(C)(C)C1Oc1ccc(C#N)c(Cl)c1. The van der Waals surface area contributed by atoms with E-state index in [1.165, 1.54) is 12.1 Å². The highest BCUT2D eigenvalue weighted by atomic mass is 35.5. The number of hydrogen-bond donors (Lipinski definition) is 2. The number of nitrogens with one attached hydrogen (secondary N) is 2. The van der Waals surface area contributed by atoms with E-state index in [1.807, 2.05) is 43.6 Å². The van der Waals surface area contributed by atoms with E-state index < -0.39 is 52.1 Å². The number of carbonyl (C=O) groups excluding carboxylic acids is 5. The van der Waals surface area contributed by atoms with Gasteiger partial charge in [-0.15, -0.1) is 0 Å². The van der Waals surface area contributed by atoms with Crippen LogP contribution in [0.5, 0.6) is 5.75 Å². The van der Waals surface area contributed by atoms with Gasteiger partial charge in [-0.2, -0.15) is 5.26 Å². The number of halogens is 3. The van der Waals surface area contributed by atoms with Crippen LogP contribution in [0.25, 0.3) is 0 Å². The van der Waals surface area contributed by atoms with E-state index in [-0.39, 0.29) is 53.3 Å². The third-order valence-electron chi connectivity index (χ3n) is 13.3. The molecule has 5 amide bonds. The lowest BCUT2D eigenvalue weighted by atomic mass is 9.49. The number of nitriles is 1. The number of benzene rings is 3. The fourth-order valence-electron chi connectivity index (χ4n) is 10.3. The summed E-state index contributed by atoms with van der Waals surface area (Å²) in [6.45, 7) is 12.6. The standard InChI is InChI=1S/C45H48ClF2N7O6/c1-44(2)42(45(3,4)43(44)61-28-7-5-27(23-49)31(46)20-28)51-38(57)26-6-8-34(32(47)19-26)53-13-11-25(12-14-53)24-52-15-17-54(18-16-52)36-22-30-29(21-33(36)48)40(59)55(41(30)60)35-9-10-37(56)50-39(35)58/h5-8,19-22,25,35,42-43H,9-18,24H2,1-4H3,(H,51,57)(H,50,56,58). The Morgan fingerprint density at radius 3 is 2.11 bits per heavy atom. The second-order valence-electron chi connectivity index (χ2n) is 18.0. The van der Waals surface area contributed by atoms with Crippen LogP contribution >= 0.6 is 11.6 Å². The predicted octanol–water partition coefficient (Wildman–Crippen LogP) is 5.54.